The van der Waals surface area contributed by atoms with Gasteiger partial charge in [-0.05, 0) is 48.9 Å². The quantitative estimate of drug-likeness (QED) is 0.453. The summed E-state index contributed by atoms with van der Waals surface area (Å²) >= 11 is 5.92. The number of anilines is 2. The monoisotopic (exact) mass is 327 g/mol. The Morgan fingerprint density at radius 3 is 2.61 bits per heavy atom. The minimum Gasteiger partial charge on any atom is -0.508 e. The molecule has 3 N–H and O–H groups in total. The van der Waals surface area contributed by atoms with Crippen LogP contribution in [0.3, 0.4) is 0 Å². The smallest absolute Gasteiger partial charge is 0.267 e. The van der Waals surface area contributed by atoms with Crippen LogP contribution >= 0.6 is 11.6 Å². The van der Waals surface area contributed by atoms with Crippen LogP contribution in [-0.2, 0) is 4.79 Å². The predicted molar refractivity (Wildman–Crippen MR) is 90.2 cm³/mol. The van der Waals surface area contributed by atoms with Gasteiger partial charge in [0, 0.05) is 22.6 Å². The highest BCUT2D eigenvalue weighted by Crippen LogP contribution is 2.20. The van der Waals surface area contributed by atoms with Gasteiger partial charge >= 0.3 is 0 Å². The molecule has 0 aliphatic rings. The molecule has 0 atom stereocenters. The van der Waals surface area contributed by atoms with Gasteiger partial charge in [-0.1, -0.05) is 17.7 Å². The number of carbonyl (C=O) groups is 1. The molecule has 116 valence electrons. The number of benzene rings is 2. The van der Waals surface area contributed by atoms with E-state index in [1.54, 1.807) is 12.1 Å². The Bertz CT molecular complexity index is 792. The summed E-state index contributed by atoms with van der Waals surface area (Å²) in [6.07, 6.45) is 1.33. The average Bonchev–Trinajstić information content (AvgIpc) is 2.53. The van der Waals surface area contributed by atoms with Gasteiger partial charge < -0.3 is 15.7 Å². The number of nitriles is 1. The van der Waals surface area contributed by atoms with Crippen molar-refractivity contribution in [3.05, 3.63) is 64.8 Å². The highest BCUT2D eigenvalue weighted by Gasteiger charge is 2.09. The summed E-state index contributed by atoms with van der Waals surface area (Å²) in [5.41, 5.74) is 2.04. The predicted octanol–water partition coefficient (Wildman–Crippen LogP) is 3.81. The molecule has 0 heterocycles. The number of phenols is 1. The van der Waals surface area contributed by atoms with Gasteiger partial charge in [0.2, 0.25) is 0 Å². The molecule has 0 bridgehead atoms. The van der Waals surface area contributed by atoms with Gasteiger partial charge in [-0.2, -0.15) is 5.26 Å². The number of phenolic OH excluding ortho intramolecular Hbond substituents is 1. The fourth-order valence-electron chi connectivity index (χ4n) is 1.79. The highest BCUT2D eigenvalue weighted by atomic mass is 35.5. The van der Waals surface area contributed by atoms with E-state index in [1.807, 2.05) is 19.1 Å². The van der Waals surface area contributed by atoms with Crippen LogP contribution < -0.4 is 10.6 Å². The summed E-state index contributed by atoms with van der Waals surface area (Å²) in [6.45, 7) is 1.88. The summed E-state index contributed by atoms with van der Waals surface area (Å²) in [5, 5.41) is 24.4. The molecule has 0 aliphatic carbocycles. The van der Waals surface area contributed by atoms with E-state index in [2.05, 4.69) is 10.6 Å². The lowest BCUT2D eigenvalue weighted by molar-refractivity contribution is -0.112. The minimum atomic E-state index is -0.551. The SMILES string of the molecule is Cc1ccc(Cl)cc1N/C=C(/C#N)C(=O)Nc1ccc(O)cc1. The number of rotatable bonds is 4. The second-order valence-electron chi connectivity index (χ2n) is 4.77. The van der Waals surface area contributed by atoms with Crippen LogP contribution in [0.15, 0.2) is 54.2 Å². The van der Waals surface area contributed by atoms with Crippen LogP contribution in [0.5, 0.6) is 5.75 Å². The maximum atomic E-state index is 12.1. The molecule has 0 spiro atoms. The average molecular weight is 328 g/mol. The number of hydrogen-bond acceptors (Lipinski definition) is 4. The largest absolute Gasteiger partial charge is 0.508 e. The first kappa shape index (κ1) is 16.4. The zero-order chi connectivity index (χ0) is 16.8. The number of aryl methyl sites for hydroxylation is 1. The second kappa shape index (κ2) is 7.34. The van der Waals surface area contributed by atoms with Crippen molar-refractivity contribution in [2.75, 3.05) is 10.6 Å². The van der Waals surface area contributed by atoms with Gasteiger partial charge in [-0.25, -0.2) is 0 Å². The molecule has 0 radical (unpaired) electrons. The van der Waals surface area contributed by atoms with E-state index in [1.165, 1.54) is 30.5 Å². The summed E-state index contributed by atoms with van der Waals surface area (Å²) < 4.78 is 0. The number of halogens is 1. The number of nitrogens with zero attached hydrogens (tertiary/aromatic N) is 1. The van der Waals surface area contributed by atoms with Crippen LogP contribution in [0, 0.1) is 18.3 Å². The Morgan fingerprint density at radius 2 is 1.96 bits per heavy atom. The van der Waals surface area contributed by atoms with Crippen molar-refractivity contribution in [3.63, 3.8) is 0 Å². The molecule has 5 nitrogen and oxygen atoms in total. The Morgan fingerprint density at radius 1 is 1.26 bits per heavy atom. The van der Waals surface area contributed by atoms with E-state index in [9.17, 15) is 9.90 Å². The Balaban J connectivity index is 2.12. The van der Waals surface area contributed by atoms with E-state index in [-0.39, 0.29) is 11.3 Å². The molecular formula is C17H14ClN3O2. The maximum Gasteiger partial charge on any atom is 0.267 e. The third-order valence-electron chi connectivity index (χ3n) is 3.06. The van der Waals surface area contributed by atoms with Gasteiger partial charge in [0.05, 0.1) is 0 Å². The first-order chi connectivity index (χ1) is 11.0. The van der Waals surface area contributed by atoms with Crippen molar-refractivity contribution in [3.8, 4) is 11.8 Å². The number of hydrogen-bond donors (Lipinski definition) is 3. The fourth-order valence-corrected chi connectivity index (χ4v) is 1.96. The Labute approximate surface area is 138 Å². The zero-order valence-electron chi connectivity index (χ0n) is 12.3. The number of nitrogens with one attached hydrogen (secondary N) is 2. The van der Waals surface area contributed by atoms with E-state index < -0.39 is 5.91 Å². The second-order valence-corrected chi connectivity index (χ2v) is 5.21. The maximum absolute atomic E-state index is 12.1. The van der Waals surface area contributed by atoms with E-state index in [0.717, 1.165) is 5.56 Å². The normalized spacial score (nSPS) is 10.7. The summed E-state index contributed by atoms with van der Waals surface area (Å²) in [6, 6.07) is 13.1. The number of carbonyl (C=O) groups excluding carboxylic acids is 1. The first-order valence-corrected chi connectivity index (χ1v) is 7.11. The highest BCUT2D eigenvalue weighted by molar-refractivity contribution is 6.30. The lowest BCUT2D eigenvalue weighted by Gasteiger charge is -2.07. The third-order valence-corrected chi connectivity index (χ3v) is 3.30. The molecule has 0 saturated carbocycles. The summed E-state index contributed by atoms with van der Waals surface area (Å²) in [4.78, 5) is 12.1. The van der Waals surface area contributed by atoms with Crippen LogP contribution in [-0.4, -0.2) is 11.0 Å². The summed E-state index contributed by atoms with van der Waals surface area (Å²) in [7, 11) is 0. The van der Waals surface area contributed by atoms with Crippen molar-refractivity contribution in [1.82, 2.24) is 0 Å². The van der Waals surface area contributed by atoms with E-state index in [4.69, 9.17) is 16.9 Å². The number of aromatic hydroxyl groups is 1. The van der Waals surface area contributed by atoms with Crippen molar-refractivity contribution < 1.29 is 9.90 Å². The summed E-state index contributed by atoms with van der Waals surface area (Å²) in [5.74, 6) is -0.456. The number of amides is 1. The van der Waals surface area contributed by atoms with Gasteiger partial charge in [-0.3, -0.25) is 4.79 Å². The zero-order valence-corrected chi connectivity index (χ0v) is 13.1. The first-order valence-electron chi connectivity index (χ1n) is 6.73. The molecule has 0 aliphatic heterocycles. The van der Waals surface area contributed by atoms with E-state index >= 15 is 0 Å². The van der Waals surface area contributed by atoms with Gasteiger partial charge in [0.15, 0.2) is 0 Å². The van der Waals surface area contributed by atoms with E-state index in [0.29, 0.717) is 16.4 Å². The van der Waals surface area contributed by atoms with Crippen LogP contribution in [0.1, 0.15) is 5.56 Å². The lowest BCUT2D eigenvalue weighted by Crippen LogP contribution is -2.14. The van der Waals surface area contributed by atoms with Gasteiger partial charge in [0.1, 0.15) is 17.4 Å². The minimum absolute atomic E-state index is 0.0857. The molecule has 23 heavy (non-hydrogen) atoms. The van der Waals surface area contributed by atoms with Crippen molar-refractivity contribution >= 4 is 28.9 Å². The topological polar surface area (TPSA) is 85.2 Å². The Kier molecular flexibility index (Phi) is 5.23. The van der Waals surface area contributed by atoms with Crippen molar-refractivity contribution in [1.29, 1.82) is 5.26 Å². The van der Waals surface area contributed by atoms with Crippen molar-refractivity contribution in [2.45, 2.75) is 6.92 Å². The third kappa shape index (κ3) is 4.50. The van der Waals surface area contributed by atoms with Crippen molar-refractivity contribution in [2.24, 2.45) is 0 Å². The molecule has 2 aromatic carbocycles. The van der Waals surface area contributed by atoms with Gasteiger partial charge in [0.25, 0.3) is 5.91 Å². The lowest BCUT2D eigenvalue weighted by atomic mass is 10.2. The standard InChI is InChI=1S/C17H14ClN3O2/c1-11-2-3-13(18)8-16(11)20-10-12(9-19)17(23)21-14-4-6-15(22)7-5-14/h2-8,10,20,22H,1H3,(H,21,23)/b12-10-. The fraction of sp³-hybridized carbons (Fsp3) is 0.0588. The van der Waals surface area contributed by atoms with Gasteiger partial charge in [-0.15, -0.1) is 0 Å². The van der Waals surface area contributed by atoms with Crippen LogP contribution in [0.4, 0.5) is 11.4 Å². The molecule has 2 aromatic rings. The molecule has 0 unspecified atom stereocenters. The molecule has 0 fully saturated rings. The van der Waals surface area contributed by atoms with Crippen LogP contribution in [0.2, 0.25) is 5.02 Å². The molecule has 0 saturated heterocycles. The molecule has 6 heteroatoms. The molecule has 1 amide bonds. The Hall–Kier alpha value is -2.97. The van der Waals surface area contributed by atoms with Crippen LogP contribution in [0.25, 0.3) is 0 Å². The molecular weight excluding hydrogens is 314 g/mol. The molecule has 2 rings (SSSR count). The molecule has 0 aromatic heterocycles.